The number of hydrogen-bond acceptors (Lipinski definition) is 3. The lowest BCUT2D eigenvalue weighted by atomic mass is 9.94. The predicted octanol–water partition coefficient (Wildman–Crippen LogP) is 4.50. The maximum Gasteiger partial charge on any atom is 0.254 e. The van der Waals surface area contributed by atoms with Gasteiger partial charge in [-0.3, -0.25) is 9.89 Å². The van der Waals surface area contributed by atoms with Crippen LogP contribution in [0, 0.1) is 11.6 Å². The third-order valence-corrected chi connectivity index (χ3v) is 4.80. The van der Waals surface area contributed by atoms with E-state index in [-0.39, 0.29) is 17.4 Å². The molecule has 0 unspecified atom stereocenters. The minimum atomic E-state index is -0.756. The quantitative estimate of drug-likeness (QED) is 0.722. The van der Waals surface area contributed by atoms with E-state index in [0.29, 0.717) is 24.7 Å². The van der Waals surface area contributed by atoms with E-state index in [2.05, 4.69) is 10.2 Å². The summed E-state index contributed by atoms with van der Waals surface area (Å²) in [5, 5.41) is 7.17. The molecule has 28 heavy (non-hydrogen) atoms. The molecule has 0 bridgehead atoms. The lowest BCUT2D eigenvalue weighted by Gasteiger charge is -2.32. The first kappa shape index (κ1) is 18.2. The van der Waals surface area contributed by atoms with Crippen LogP contribution in [0.5, 0.6) is 11.6 Å². The zero-order chi connectivity index (χ0) is 19.5. The molecule has 1 aliphatic rings. The zero-order valence-electron chi connectivity index (χ0n) is 15.1. The van der Waals surface area contributed by atoms with E-state index in [1.807, 2.05) is 36.4 Å². The van der Waals surface area contributed by atoms with Gasteiger partial charge in [-0.1, -0.05) is 18.2 Å². The van der Waals surface area contributed by atoms with E-state index in [1.54, 1.807) is 4.90 Å². The van der Waals surface area contributed by atoms with Crippen molar-refractivity contribution in [3.05, 3.63) is 77.5 Å². The smallest absolute Gasteiger partial charge is 0.254 e. The summed E-state index contributed by atoms with van der Waals surface area (Å²) in [4.78, 5) is 14.3. The number of nitrogens with zero attached hydrogens (tertiary/aromatic N) is 2. The van der Waals surface area contributed by atoms with Crippen molar-refractivity contribution in [3.8, 4) is 11.6 Å². The molecule has 7 heteroatoms. The summed E-state index contributed by atoms with van der Waals surface area (Å²) in [6, 6.07) is 14.1. The standard InChI is InChI=1S/C21H19F2N3O2/c22-16-9-15(10-17(23)11-16)21(27)26-8-4-5-14(13-26)19-12-20(25-24-19)28-18-6-2-1-3-7-18/h1-3,6-7,9-12,14H,4-5,8,13H2,(H,24,25)/t14-/m0/s1. The van der Waals surface area contributed by atoms with E-state index in [4.69, 9.17) is 4.74 Å². The highest BCUT2D eigenvalue weighted by atomic mass is 19.1. The van der Waals surface area contributed by atoms with Gasteiger partial charge >= 0.3 is 0 Å². The first-order valence-corrected chi connectivity index (χ1v) is 9.12. The number of halogens is 2. The Labute approximate surface area is 160 Å². The Balaban J connectivity index is 1.46. The summed E-state index contributed by atoms with van der Waals surface area (Å²) in [7, 11) is 0. The number of para-hydroxylation sites is 1. The summed E-state index contributed by atoms with van der Waals surface area (Å²) in [5.41, 5.74) is 0.893. The molecule has 0 radical (unpaired) electrons. The Morgan fingerprint density at radius 1 is 1.11 bits per heavy atom. The molecule has 1 fully saturated rings. The molecule has 1 amide bonds. The molecule has 2 heterocycles. The van der Waals surface area contributed by atoms with Gasteiger partial charge in [-0.2, -0.15) is 0 Å². The molecule has 1 atom stereocenters. The van der Waals surface area contributed by atoms with Crippen LogP contribution >= 0.6 is 0 Å². The van der Waals surface area contributed by atoms with Crippen molar-refractivity contribution in [1.82, 2.24) is 15.1 Å². The number of aromatic amines is 1. The van der Waals surface area contributed by atoms with Crippen molar-refractivity contribution in [1.29, 1.82) is 0 Å². The number of aromatic nitrogens is 2. The minimum Gasteiger partial charge on any atom is -0.438 e. The van der Waals surface area contributed by atoms with E-state index in [9.17, 15) is 13.6 Å². The number of ether oxygens (including phenoxy) is 1. The Hall–Kier alpha value is -3.22. The molecule has 144 valence electrons. The Morgan fingerprint density at radius 3 is 2.61 bits per heavy atom. The number of H-pyrrole nitrogens is 1. The van der Waals surface area contributed by atoms with Gasteiger partial charge in [-0.05, 0) is 37.1 Å². The summed E-state index contributed by atoms with van der Waals surface area (Å²) < 4.78 is 32.6. The Morgan fingerprint density at radius 2 is 1.86 bits per heavy atom. The van der Waals surface area contributed by atoms with Crippen LogP contribution in [0.25, 0.3) is 0 Å². The molecule has 4 rings (SSSR count). The van der Waals surface area contributed by atoms with Gasteiger partial charge in [-0.15, -0.1) is 5.10 Å². The normalized spacial score (nSPS) is 16.8. The second-order valence-corrected chi connectivity index (χ2v) is 6.83. The van der Waals surface area contributed by atoms with Crippen molar-refractivity contribution >= 4 is 5.91 Å². The van der Waals surface area contributed by atoms with Crippen LogP contribution in [0.3, 0.4) is 0 Å². The van der Waals surface area contributed by atoms with Gasteiger partial charge in [0.2, 0.25) is 5.88 Å². The van der Waals surface area contributed by atoms with Crippen LogP contribution in [-0.4, -0.2) is 34.1 Å². The van der Waals surface area contributed by atoms with Gasteiger partial charge in [0.15, 0.2) is 0 Å². The first-order valence-electron chi connectivity index (χ1n) is 9.12. The monoisotopic (exact) mass is 383 g/mol. The number of carbonyl (C=O) groups is 1. The summed E-state index contributed by atoms with van der Waals surface area (Å²) in [6.45, 7) is 0.999. The van der Waals surface area contributed by atoms with Crippen molar-refractivity contribution < 1.29 is 18.3 Å². The highest BCUT2D eigenvalue weighted by Crippen LogP contribution is 2.29. The van der Waals surface area contributed by atoms with E-state index in [1.165, 1.54) is 0 Å². The second-order valence-electron chi connectivity index (χ2n) is 6.83. The number of hydrogen-bond donors (Lipinski definition) is 1. The molecule has 0 aliphatic carbocycles. The van der Waals surface area contributed by atoms with Crippen molar-refractivity contribution in [3.63, 3.8) is 0 Å². The van der Waals surface area contributed by atoms with Crippen LogP contribution in [0.4, 0.5) is 8.78 Å². The van der Waals surface area contributed by atoms with Crippen molar-refractivity contribution in [2.45, 2.75) is 18.8 Å². The fourth-order valence-corrected chi connectivity index (χ4v) is 3.46. The lowest BCUT2D eigenvalue weighted by Crippen LogP contribution is -2.39. The third kappa shape index (κ3) is 4.03. The molecule has 1 N–H and O–H groups in total. The molecule has 5 nitrogen and oxygen atoms in total. The number of likely N-dealkylation sites (tertiary alicyclic amines) is 1. The molecule has 2 aromatic carbocycles. The first-order chi connectivity index (χ1) is 13.6. The third-order valence-electron chi connectivity index (χ3n) is 4.80. The number of piperidine rings is 1. The number of amides is 1. The van der Waals surface area contributed by atoms with Crippen LogP contribution < -0.4 is 4.74 Å². The number of benzene rings is 2. The van der Waals surface area contributed by atoms with E-state index < -0.39 is 11.6 Å². The number of nitrogens with one attached hydrogen (secondary N) is 1. The zero-order valence-corrected chi connectivity index (χ0v) is 15.1. The van der Waals surface area contributed by atoms with Crippen LogP contribution in [0.2, 0.25) is 0 Å². The fourth-order valence-electron chi connectivity index (χ4n) is 3.46. The summed E-state index contributed by atoms with van der Waals surface area (Å²) >= 11 is 0. The molecule has 1 aromatic heterocycles. The topological polar surface area (TPSA) is 58.2 Å². The fraction of sp³-hybridized carbons (Fsp3) is 0.238. The largest absolute Gasteiger partial charge is 0.438 e. The molecular weight excluding hydrogens is 364 g/mol. The average molecular weight is 383 g/mol. The summed E-state index contributed by atoms with van der Waals surface area (Å²) in [5.74, 6) is -0.688. The average Bonchev–Trinajstić information content (AvgIpc) is 3.16. The highest BCUT2D eigenvalue weighted by molar-refractivity contribution is 5.94. The predicted molar refractivity (Wildman–Crippen MR) is 99.3 cm³/mol. The van der Waals surface area contributed by atoms with Crippen molar-refractivity contribution in [2.24, 2.45) is 0 Å². The Bertz CT molecular complexity index is 955. The van der Waals surface area contributed by atoms with Crippen LogP contribution in [0.1, 0.15) is 34.8 Å². The van der Waals surface area contributed by atoms with Gasteiger partial charge < -0.3 is 9.64 Å². The molecule has 1 aliphatic heterocycles. The molecule has 3 aromatic rings. The molecule has 0 saturated carbocycles. The van der Waals surface area contributed by atoms with Crippen LogP contribution in [-0.2, 0) is 0 Å². The highest BCUT2D eigenvalue weighted by Gasteiger charge is 2.27. The van der Waals surface area contributed by atoms with Gasteiger partial charge in [-0.25, -0.2) is 8.78 Å². The molecule has 0 spiro atoms. The van der Waals surface area contributed by atoms with Gasteiger partial charge in [0.25, 0.3) is 5.91 Å². The van der Waals surface area contributed by atoms with E-state index in [0.717, 1.165) is 36.7 Å². The maximum atomic E-state index is 13.4. The number of rotatable bonds is 4. The second kappa shape index (κ2) is 7.80. The minimum absolute atomic E-state index is 0.0239. The molecule has 1 saturated heterocycles. The molecular formula is C21H19F2N3O2. The summed E-state index contributed by atoms with van der Waals surface area (Å²) in [6.07, 6.45) is 1.68. The van der Waals surface area contributed by atoms with E-state index >= 15 is 0 Å². The SMILES string of the molecule is O=C(c1cc(F)cc(F)c1)N1CCC[C@H](c2cc(Oc3ccccc3)n[nH]2)C1. The van der Waals surface area contributed by atoms with Gasteiger partial charge in [0.1, 0.15) is 17.4 Å². The van der Waals surface area contributed by atoms with Crippen LogP contribution in [0.15, 0.2) is 54.6 Å². The Kier molecular flexibility index (Phi) is 5.06. The van der Waals surface area contributed by atoms with Crippen molar-refractivity contribution in [2.75, 3.05) is 13.1 Å². The van der Waals surface area contributed by atoms with Gasteiger partial charge in [0, 0.05) is 42.4 Å². The van der Waals surface area contributed by atoms with Gasteiger partial charge in [0.05, 0.1) is 0 Å². The number of carbonyl (C=O) groups excluding carboxylic acids is 1. The maximum absolute atomic E-state index is 13.4. The lowest BCUT2D eigenvalue weighted by molar-refractivity contribution is 0.0705.